The van der Waals surface area contributed by atoms with Crippen molar-refractivity contribution in [2.24, 2.45) is 0 Å². The Bertz CT molecular complexity index is 1050. The summed E-state index contributed by atoms with van der Waals surface area (Å²) < 4.78 is 27.2. The van der Waals surface area contributed by atoms with Crippen LogP contribution in [0.25, 0.3) is 5.69 Å². The van der Waals surface area contributed by atoms with Gasteiger partial charge in [-0.1, -0.05) is 37.6 Å². The second-order valence-corrected chi connectivity index (χ2v) is 7.86. The first-order valence-corrected chi connectivity index (χ1v) is 10.4. The highest BCUT2D eigenvalue weighted by Gasteiger charge is 2.16. The van der Waals surface area contributed by atoms with Gasteiger partial charge in [-0.15, -0.1) is 5.10 Å². The van der Waals surface area contributed by atoms with Crippen molar-refractivity contribution >= 4 is 21.6 Å². The fourth-order valence-electron chi connectivity index (χ4n) is 2.46. The lowest BCUT2D eigenvalue weighted by Crippen LogP contribution is -2.24. The van der Waals surface area contributed by atoms with Gasteiger partial charge >= 0.3 is 0 Å². The molecule has 3 aromatic rings. The zero-order valence-corrected chi connectivity index (χ0v) is 16.2. The Hall–Kier alpha value is -3.04. The number of benzene rings is 2. The van der Waals surface area contributed by atoms with Gasteiger partial charge in [-0.3, -0.25) is 4.79 Å². The standard InChI is InChI=1S/C19H21N5O3S/c1-2-3-12-21-28(26,27)17-11-7-8-15(13-17)22-19(25)18-14-20-24(23-18)16-9-5-4-6-10-16/h4-11,13-14,21H,2-3,12H2,1H3,(H,22,25). The minimum Gasteiger partial charge on any atom is -0.321 e. The van der Waals surface area contributed by atoms with Gasteiger partial charge < -0.3 is 5.32 Å². The third kappa shape index (κ3) is 4.81. The summed E-state index contributed by atoms with van der Waals surface area (Å²) >= 11 is 0. The fourth-order valence-corrected chi connectivity index (χ4v) is 3.58. The van der Waals surface area contributed by atoms with Crippen LogP contribution in [0.5, 0.6) is 0 Å². The van der Waals surface area contributed by atoms with Crippen LogP contribution in [0.1, 0.15) is 30.3 Å². The zero-order valence-electron chi connectivity index (χ0n) is 15.4. The zero-order chi connectivity index (χ0) is 20.0. The highest BCUT2D eigenvalue weighted by Crippen LogP contribution is 2.16. The highest BCUT2D eigenvalue weighted by molar-refractivity contribution is 7.89. The number of sulfonamides is 1. The molecule has 9 heteroatoms. The van der Waals surface area contributed by atoms with Gasteiger partial charge in [0, 0.05) is 12.2 Å². The monoisotopic (exact) mass is 399 g/mol. The summed E-state index contributed by atoms with van der Waals surface area (Å²) in [5, 5.41) is 10.9. The number of carbonyl (C=O) groups is 1. The van der Waals surface area contributed by atoms with Crippen molar-refractivity contribution < 1.29 is 13.2 Å². The third-order valence-corrected chi connectivity index (χ3v) is 5.39. The minimum atomic E-state index is -3.62. The quantitative estimate of drug-likeness (QED) is 0.566. The number of nitrogens with zero attached hydrogens (tertiary/aromatic N) is 3. The van der Waals surface area contributed by atoms with Crippen molar-refractivity contribution in [1.82, 2.24) is 19.7 Å². The molecule has 28 heavy (non-hydrogen) atoms. The lowest BCUT2D eigenvalue weighted by molar-refractivity contribution is 0.102. The van der Waals surface area contributed by atoms with Crippen LogP contribution in [0.3, 0.4) is 0 Å². The first-order chi connectivity index (χ1) is 13.5. The molecule has 0 aliphatic heterocycles. The van der Waals surface area contributed by atoms with E-state index in [0.29, 0.717) is 12.2 Å². The molecule has 3 rings (SSSR count). The summed E-state index contributed by atoms with van der Waals surface area (Å²) in [6, 6.07) is 15.3. The molecule has 0 spiro atoms. The Balaban J connectivity index is 1.72. The number of hydrogen-bond donors (Lipinski definition) is 2. The van der Waals surface area contributed by atoms with Crippen molar-refractivity contribution in [2.75, 3.05) is 11.9 Å². The molecule has 0 saturated carbocycles. The van der Waals surface area contributed by atoms with Gasteiger partial charge in [0.05, 0.1) is 16.8 Å². The van der Waals surface area contributed by atoms with Crippen LogP contribution in [-0.4, -0.2) is 35.9 Å². The first kappa shape index (κ1) is 19.7. The van der Waals surface area contributed by atoms with E-state index < -0.39 is 15.9 Å². The number of rotatable bonds is 8. The minimum absolute atomic E-state index is 0.0920. The number of carbonyl (C=O) groups excluding carboxylic acids is 1. The molecule has 0 aliphatic rings. The summed E-state index contributed by atoms with van der Waals surface area (Å²) in [7, 11) is -3.62. The molecule has 0 saturated heterocycles. The van der Waals surface area contributed by atoms with Gasteiger partial charge in [0.1, 0.15) is 0 Å². The molecular formula is C19H21N5O3S. The summed E-state index contributed by atoms with van der Waals surface area (Å²) in [5.74, 6) is -0.476. The third-order valence-electron chi connectivity index (χ3n) is 3.94. The van der Waals surface area contributed by atoms with Gasteiger partial charge in [-0.25, -0.2) is 13.1 Å². The molecule has 1 amide bonds. The lowest BCUT2D eigenvalue weighted by Gasteiger charge is -2.08. The average molecular weight is 399 g/mol. The van der Waals surface area contributed by atoms with Crippen molar-refractivity contribution in [2.45, 2.75) is 24.7 Å². The summed E-state index contributed by atoms with van der Waals surface area (Å²) in [6.45, 7) is 2.36. The Morgan fingerprint density at radius 2 is 1.89 bits per heavy atom. The van der Waals surface area contributed by atoms with E-state index in [2.05, 4.69) is 20.2 Å². The largest absolute Gasteiger partial charge is 0.321 e. The highest BCUT2D eigenvalue weighted by atomic mass is 32.2. The molecule has 0 fully saturated rings. The molecule has 0 bridgehead atoms. The number of para-hydroxylation sites is 1. The summed E-state index contributed by atoms with van der Waals surface area (Å²) in [6.07, 6.45) is 3.00. The van der Waals surface area contributed by atoms with E-state index in [-0.39, 0.29) is 10.6 Å². The lowest BCUT2D eigenvalue weighted by atomic mass is 10.3. The van der Waals surface area contributed by atoms with Crippen LogP contribution in [0.2, 0.25) is 0 Å². The molecule has 8 nitrogen and oxygen atoms in total. The molecule has 146 valence electrons. The van der Waals surface area contributed by atoms with Crippen molar-refractivity contribution in [3.8, 4) is 5.69 Å². The maximum atomic E-state index is 12.4. The number of anilines is 1. The molecule has 0 unspecified atom stereocenters. The fraction of sp³-hybridized carbons (Fsp3) is 0.211. The van der Waals surface area contributed by atoms with E-state index in [1.807, 2.05) is 37.3 Å². The number of hydrogen-bond acceptors (Lipinski definition) is 5. The molecule has 2 N–H and O–H groups in total. The molecule has 0 aliphatic carbocycles. The van der Waals surface area contributed by atoms with E-state index in [1.54, 1.807) is 12.1 Å². The summed E-state index contributed by atoms with van der Waals surface area (Å²) in [5.41, 5.74) is 1.21. The normalized spacial score (nSPS) is 11.3. The van der Waals surface area contributed by atoms with Gasteiger partial charge in [-0.05, 0) is 36.8 Å². The Morgan fingerprint density at radius 1 is 1.11 bits per heavy atom. The number of amides is 1. The maximum Gasteiger partial charge on any atom is 0.277 e. The maximum absolute atomic E-state index is 12.4. The second-order valence-electron chi connectivity index (χ2n) is 6.09. The molecular weight excluding hydrogens is 378 g/mol. The smallest absolute Gasteiger partial charge is 0.277 e. The van der Waals surface area contributed by atoms with Crippen LogP contribution < -0.4 is 10.0 Å². The van der Waals surface area contributed by atoms with E-state index in [1.165, 1.54) is 23.1 Å². The van der Waals surface area contributed by atoms with Gasteiger partial charge in [0.15, 0.2) is 5.69 Å². The number of unbranched alkanes of at least 4 members (excludes halogenated alkanes) is 1. The van der Waals surface area contributed by atoms with Crippen molar-refractivity contribution in [3.05, 3.63) is 66.5 Å². The SMILES string of the molecule is CCCCNS(=O)(=O)c1cccc(NC(=O)c2cnn(-c3ccccc3)n2)c1. The van der Waals surface area contributed by atoms with Gasteiger partial charge in [0.2, 0.25) is 10.0 Å². The van der Waals surface area contributed by atoms with E-state index in [9.17, 15) is 13.2 Å². The van der Waals surface area contributed by atoms with E-state index >= 15 is 0 Å². The van der Waals surface area contributed by atoms with E-state index in [0.717, 1.165) is 18.5 Å². The predicted molar refractivity (Wildman–Crippen MR) is 106 cm³/mol. The Kier molecular flexibility index (Phi) is 6.17. The van der Waals surface area contributed by atoms with Crippen LogP contribution in [0.4, 0.5) is 5.69 Å². The second kappa shape index (κ2) is 8.77. The molecule has 0 radical (unpaired) electrons. The van der Waals surface area contributed by atoms with Crippen LogP contribution in [0, 0.1) is 0 Å². The predicted octanol–water partition coefficient (Wildman–Crippen LogP) is 2.60. The molecule has 1 aromatic heterocycles. The van der Waals surface area contributed by atoms with Crippen molar-refractivity contribution in [3.63, 3.8) is 0 Å². The van der Waals surface area contributed by atoms with E-state index in [4.69, 9.17) is 0 Å². The van der Waals surface area contributed by atoms with Gasteiger partial charge in [0.25, 0.3) is 5.91 Å². The van der Waals surface area contributed by atoms with Crippen molar-refractivity contribution in [1.29, 1.82) is 0 Å². The number of nitrogens with one attached hydrogen (secondary N) is 2. The average Bonchev–Trinajstić information content (AvgIpc) is 3.19. The molecule has 2 aromatic carbocycles. The van der Waals surface area contributed by atoms with Crippen LogP contribution in [-0.2, 0) is 10.0 Å². The Morgan fingerprint density at radius 3 is 2.64 bits per heavy atom. The molecule has 1 heterocycles. The summed E-state index contributed by atoms with van der Waals surface area (Å²) in [4.78, 5) is 13.9. The van der Waals surface area contributed by atoms with Gasteiger partial charge in [-0.2, -0.15) is 9.90 Å². The first-order valence-electron chi connectivity index (χ1n) is 8.88. The molecule has 0 atom stereocenters. The number of aromatic nitrogens is 3. The van der Waals surface area contributed by atoms with Crippen LogP contribution in [0.15, 0.2) is 65.7 Å². The van der Waals surface area contributed by atoms with Crippen LogP contribution >= 0.6 is 0 Å². The Labute approximate surface area is 163 Å². The topological polar surface area (TPSA) is 106 Å².